The van der Waals surface area contributed by atoms with Crippen LogP contribution in [-0.2, 0) is 0 Å². The first-order chi connectivity index (χ1) is 7.47. The van der Waals surface area contributed by atoms with E-state index >= 15 is 0 Å². The van der Waals surface area contributed by atoms with Crippen LogP contribution in [0.1, 0.15) is 12.5 Å². The van der Waals surface area contributed by atoms with Crippen molar-refractivity contribution in [1.29, 1.82) is 0 Å². The van der Waals surface area contributed by atoms with Crippen molar-refractivity contribution in [3.8, 4) is 0 Å². The average molecular weight is 273 g/mol. The SMILES string of the molecule is Cc1ccccc1P1CC2C(Cl)(Cl)C2(C)C1. The molecule has 0 spiro atoms. The minimum atomic E-state index is -0.436. The molecule has 86 valence electrons. The minimum Gasteiger partial charge on any atom is -0.101 e. The van der Waals surface area contributed by atoms with Crippen LogP contribution in [0, 0.1) is 18.3 Å². The highest BCUT2D eigenvalue weighted by atomic mass is 35.5. The van der Waals surface area contributed by atoms with Crippen molar-refractivity contribution in [2.24, 2.45) is 11.3 Å². The van der Waals surface area contributed by atoms with Crippen molar-refractivity contribution in [3.63, 3.8) is 0 Å². The number of hydrogen-bond donors (Lipinski definition) is 0. The molecule has 3 unspecified atom stereocenters. The third kappa shape index (κ3) is 1.33. The highest BCUT2D eigenvalue weighted by Gasteiger charge is 2.76. The number of benzene rings is 1. The van der Waals surface area contributed by atoms with Gasteiger partial charge in [-0.15, -0.1) is 23.2 Å². The van der Waals surface area contributed by atoms with Gasteiger partial charge in [-0.25, -0.2) is 0 Å². The Balaban J connectivity index is 1.86. The van der Waals surface area contributed by atoms with Crippen molar-refractivity contribution in [2.45, 2.75) is 18.2 Å². The van der Waals surface area contributed by atoms with E-state index in [1.807, 2.05) is 0 Å². The van der Waals surface area contributed by atoms with E-state index < -0.39 is 4.33 Å². The maximum absolute atomic E-state index is 6.32. The molecular formula is C13H15Cl2P. The van der Waals surface area contributed by atoms with Gasteiger partial charge in [-0.1, -0.05) is 39.1 Å². The predicted molar refractivity (Wildman–Crippen MR) is 73.5 cm³/mol. The van der Waals surface area contributed by atoms with Gasteiger partial charge in [0.2, 0.25) is 0 Å². The molecule has 1 aliphatic carbocycles. The molecule has 16 heavy (non-hydrogen) atoms. The lowest BCUT2D eigenvalue weighted by Crippen LogP contribution is -2.15. The summed E-state index contributed by atoms with van der Waals surface area (Å²) in [7, 11) is -0.0266. The van der Waals surface area contributed by atoms with Gasteiger partial charge < -0.3 is 0 Å². The van der Waals surface area contributed by atoms with Crippen LogP contribution in [0.5, 0.6) is 0 Å². The molecule has 0 radical (unpaired) electrons. The number of rotatable bonds is 1. The van der Waals surface area contributed by atoms with Crippen LogP contribution in [0.3, 0.4) is 0 Å². The van der Waals surface area contributed by atoms with Gasteiger partial charge in [-0.05, 0) is 30.1 Å². The molecule has 1 saturated heterocycles. The Morgan fingerprint density at radius 3 is 2.56 bits per heavy atom. The van der Waals surface area contributed by atoms with E-state index in [0.717, 1.165) is 0 Å². The maximum Gasteiger partial charge on any atom is 0.128 e. The monoisotopic (exact) mass is 272 g/mol. The van der Waals surface area contributed by atoms with E-state index in [4.69, 9.17) is 23.2 Å². The molecule has 1 aromatic carbocycles. The predicted octanol–water partition coefficient (Wildman–Crippen LogP) is 3.93. The fourth-order valence-corrected chi connectivity index (χ4v) is 8.06. The summed E-state index contributed by atoms with van der Waals surface area (Å²) in [6.45, 7) is 4.46. The summed E-state index contributed by atoms with van der Waals surface area (Å²) < 4.78 is -0.436. The number of alkyl halides is 2. The fraction of sp³-hybridized carbons (Fsp3) is 0.538. The second-order valence-corrected chi connectivity index (χ2v) is 8.89. The van der Waals surface area contributed by atoms with Crippen molar-refractivity contribution >= 4 is 36.4 Å². The fourth-order valence-electron chi connectivity index (χ4n) is 2.99. The first kappa shape index (κ1) is 11.3. The summed E-state index contributed by atoms with van der Waals surface area (Å²) in [4.78, 5) is 0. The quantitative estimate of drug-likeness (QED) is 0.537. The van der Waals surface area contributed by atoms with Crippen molar-refractivity contribution in [2.75, 3.05) is 12.3 Å². The van der Waals surface area contributed by atoms with Crippen LogP contribution >= 0.6 is 31.1 Å². The lowest BCUT2D eigenvalue weighted by Gasteiger charge is -2.20. The Labute approximate surface area is 108 Å². The van der Waals surface area contributed by atoms with E-state index in [2.05, 4.69) is 38.1 Å². The van der Waals surface area contributed by atoms with E-state index in [1.165, 1.54) is 17.9 Å². The molecule has 1 saturated carbocycles. The number of hydrogen-bond acceptors (Lipinski definition) is 0. The second-order valence-electron chi connectivity index (χ2n) is 5.26. The standard InChI is InChI=1S/C13H15Cl2P/c1-9-5-3-4-6-10(9)16-7-11-12(2,8-16)13(11,14)15/h3-6,11H,7-8H2,1-2H3. The molecule has 1 aromatic rings. The average Bonchev–Trinajstić information content (AvgIpc) is 2.58. The topological polar surface area (TPSA) is 0 Å². The van der Waals surface area contributed by atoms with Crippen molar-refractivity contribution < 1.29 is 0 Å². The summed E-state index contributed by atoms with van der Waals surface area (Å²) in [5.41, 5.74) is 1.61. The van der Waals surface area contributed by atoms with Crippen LogP contribution in [0.25, 0.3) is 0 Å². The zero-order valence-corrected chi connectivity index (χ0v) is 11.9. The Morgan fingerprint density at radius 2 is 2.00 bits per heavy atom. The van der Waals surface area contributed by atoms with Crippen LogP contribution in [0.2, 0.25) is 0 Å². The van der Waals surface area contributed by atoms with Gasteiger partial charge in [0, 0.05) is 11.3 Å². The van der Waals surface area contributed by atoms with Gasteiger partial charge in [0.05, 0.1) is 0 Å². The first-order valence-corrected chi connectivity index (χ1v) is 8.12. The Morgan fingerprint density at radius 1 is 1.31 bits per heavy atom. The Hall–Kier alpha value is 0.230. The van der Waals surface area contributed by atoms with Crippen LogP contribution in [0.15, 0.2) is 24.3 Å². The molecular weight excluding hydrogens is 258 g/mol. The van der Waals surface area contributed by atoms with Gasteiger partial charge in [-0.3, -0.25) is 0 Å². The third-order valence-electron chi connectivity index (χ3n) is 4.26. The molecule has 3 atom stereocenters. The molecule has 1 aliphatic heterocycles. The Kier molecular flexibility index (Phi) is 2.39. The molecule has 0 bridgehead atoms. The van der Waals surface area contributed by atoms with Crippen LogP contribution < -0.4 is 5.30 Å². The van der Waals surface area contributed by atoms with Gasteiger partial charge >= 0.3 is 0 Å². The van der Waals surface area contributed by atoms with Gasteiger partial charge in [0.15, 0.2) is 0 Å². The summed E-state index contributed by atoms with van der Waals surface area (Å²) >= 11 is 12.6. The molecule has 2 aliphatic rings. The largest absolute Gasteiger partial charge is 0.128 e. The highest BCUT2D eigenvalue weighted by molar-refractivity contribution is 7.66. The number of halogens is 2. The van der Waals surface area contributed by atoms with Crippen LogP contribution in [-0.4, -0.2) is 16.7 Å². The van der Waals surface area contributed by atoms with Crippen molar-refractivity contribution in [1.82, 2.24) is 0 Å². The molecule has 0 N–H and O–H groups in total. The molecule has 0 aromatic heterocycles. The van der Waals surface area contributed by atoms with Crippen LogP contribution in [0.4, 0.5) is 0 Å². The van der Waals surface area contributed by atoms with Crippen molar-refractivity contribution in [3.05, 3.63) is 29.8 Å². The zero-order chi connectivity index (χ0) is 11.6. The normalized spacial score (nSPS) is 39.5. The maximum atomic E-state index is 6.32. The van der Waals surface area contributed by atoms with E-state index in [-0.39, 0.29) is 13.3 Å². The molecule has 3 rings (SSSR count). The van der Waals surface area contributed by atoms with Gasteiger partial charge in [0.1, 0.15) is 4.33 Å². The molecule has 0 amide bonds. The highest BCUT2D eigenvalue weighted by Crippen LogP contribution is 2.79. The summed E-state index contributed by atoms with van der Waals surface area (Å²) in [5.74, 6) is 0.522. The zero-order valence-electron chi connectivity index (χ0n) is 9.50. The van der Waals surface area contributed by atoms with E-state index in [9.17, 15) is 0 Å². The number of fused-ring (bicyclic) bond motifs is 1. The second kappa shape index (κ2) is 3.37. The van der Waals surface area contributed by atoms with Gasteiger partial charge in [-0.2, -0.15) is 0 Å². The Bertz CT molecular complexity index is 443. The summed E-state index contributed by atoms with van der Waals surface area (Å²) in [5, 5.41) is 1.55. The molecule has 2 fully saturated rings. The number of aryl methyl sites for hydroxylation is 1. The lowest BCUT2D eigenvalue weighted by molar-refractivity contribution is 0.617. The summed E-state index contributed by atoms with van der Waals surface area (Å²) in [6, 6.07) is 8.74. The minimum absolute atomic E-state index is 0.0266. The van der Waals surface area contributed by atoms with E-state index in [1.54, 1.807) is 5.30 Å². The smallest absolute Gasteiger partial charge is 0.101 e. The summed E-state index contributed by atoms with van der Waals surface area (Å²) in [6.07, 6.45) is 2.41. The van der Waals surface area contributed by atoms with E-state index in [0.29, 0.717) is 5.92 Å². The first-order valence-electron chi connectivity index (χ1n) is 5.65. The lowest BCUT2D eigenvalue weighted by atomic mass is 10.1. The molecule has 0 nitrogen and oxygen atoms in total. The van der Waals surface area contributed by atoms with Gasteiger partial charge in [0.25, 0.3) is 0 Å². The third-order valence-corrected chi connectivity index (χ3v) is 8.68. The molecule has 1 heterocycles. The molecule has 3 heteroatoms.